The van der Waals surface area contributed by atoms with Crippen LogP contribution >= 0.6 is 23.2 Å². The molecule has 3 aromatic carbocycles. The average Bonchev–Trinajstić information content (AvgIpc) is 2.71. The maximum atomic E-state index is 6.20. The highest BCUT2D eigenvalue weighted by Crippen LogP contribution is 2.29. The summed E-state index contributed by atoms with van der Waals surface area (Å²) in [6.07, 6.45) is 0. The van der Waals surface area contributed by atoms with Crippen molar-refractivity contribution in [1.29, 1.82) is 0 Å². The van der Waals surface area contributed by atoms with Crippen molar-refractivity contribution in [2.45, 2.75) is 26.2 Å². The van der Waals surface area contributed by atoms with Crippen LogP contribution in [0.2, 0.25) is 10.0 Å². The van der Waals surface area contributed by atoms with Crippen molar-refractivity contribution in [3.05, 3.63) is 94.0 Å². The molecule has 0 saturated carbocycles. The normalized spacial score (nSPS) is 12.4. The Balaban J connectivity index is 1.95. The van der Waals surface area contributed by atoms with Gasteiger partial charge in [0.2, 0.25) is 5.84 Å². The van der Waals surface area contributed by atoms with Gasteiger partial charge < -0.3 is 0 Å². The van der Waals surface area contributed by atoms with Crippen molar-refractivity contribution in [1.82, 2.24) is 0 Å². The minimum Gasteiger partial charge on any atom is -0.276 e. The van der Waals surface area contributed by atoms with E-state index in [1.54, 1.807) is 18.2 Å². The lowest BCUT2D eigenvalue weighted by Crippen LogP contribution is -2.11. The Bertz CT molecular complexity index is 1020. The number of hydrogen-bond acceptors (Lipinski definition) is 3. The number of amidine groups is 1. The topological polar surface area (TPSA) is 49.1 Å². The first-order valence-electron chi connectivity index (χ1n) is 9.19. The molecule has 0 aliphatic rings. The van der Waals surface area contributed by atoms with Gasteiger partial charge in [-0.2, -0.15) is 5.10 Å². The number of nitrogens with one attached hydrogen (secondary N) is 1. The molecule has 3 aromatic rings. The van der Waals surface area contributed by atoms with Crippen LogP contribution in [0.5, 0.6) is 0 Å². The molecule has 0 radical (unpaired) electrons. The fourth-order valence-corrected chi connectivity index (χ4v) is 2.88. The number of rotatable bonds is 4. The first kappa shape index (κ1) is 21.0. The van der Waals surface area contributed by atoms with Crippen molar-refractivity contribution in [2.24, 2.45) is 15.3 Å². The molecule has 0 fully saturated rings. The van der Waals surface area contributed by atoms with Crippen molar-refractivity contribution in [3.63, 3.8) is 0 Å². The Morgan fingerprint density at radius 1 is 0.862 bits per heavy atom. The van der Waals surface area contributed by atoms with Crippen LogP contribution < -0.4 is 5.43 Å². The van der Waals surface area contributed by atoms with E-state index in [9.17, 15) is 0 Å². The summed E-state index contributed by atoms with van der Waals surface area (Å²) in [7, 11) is 0. The summed E-state index contributed by atoms with van der Waals surface area (Å²) in [5, 5.41) is 14.1. The molecule has 0 atom stereocenters. The minimum atomic E-state index is 0.0634. The number of nitrogens with zero attached hydrogens (tertiary/aromatic N) is 3. The predicted octanol–water partition coefficient (Wildman–Crippen LogP) is 7.85. The van der Waals surface area contributed by atoms with E-state index < -0.39 is 0 Å². The fraction of sp³-hybridized carbons (Fsp3) is 0.174. The molecule has 0 bridgehead atoms. The van der Waals surface area contributed by atoms with Gasteiger partial charge >= 0.3 is 0 Å². The number of azo groups is 1. The Labute approximate surface area is 181 Å². The molecule has 0 amide bonds. The monoisotopic (exact) mass is 424 g/mol. The van der Waals surface area contributed by atoms with E-state index in [0.29, 0.717) is 21.6 Å². The quantitative estimate of drug-likeness (QED) is 0.197. The SMILES string of the molecule is CC(C)(C)c1ccc(C(N=Nc2cc(Cl)ccc2Cl)=NNc2ccccc2)cc1. The zero-order chi connectivity index (χ0) is 20.9. The zero-order valence-corrected chi connectivity index (χ0v) is 18.0. The Morgan fingerprint density at radius 2 is 1.55 bits per heavy atom. The van der Waals surface area contributed by atoms with Gasteiger partial charge in [-0.15, -0.1) is 10.2 Å². The number of hydrogen-bond donors (Lipinski definition) is 1. The highest BCUT2D eigenvalue weighted by atomic mass is 35.5. The molecule has 0 spiro atoms. The second kappa shape index (κ2) is 9.21. The molecule has 0 saturated heterocycles. The van der Waals surface area contributed by atoms with Gasteiger partial charge in [0.25, 0.3) is 0 Å². The smallest absolute Gasteiger partial charge is 0.201 e. The molecule has 0 unspecified atom stereocenters. The third-order valence-corrected chi connectivity index (χ3v) is 4.79. The van der Waals surface area contributed by atoms with Gasteiger partial charge in [0.15, 0.2) is 0 Å². The maximum absolute atomic E-state index is 6.20. The van der Waals surface area contributed by atoms with Crippen LogP contribution in [-0.2, 0) is 5.41 Å². The number of halogens is 2. The molecule has 6 heteroatoms. The highest BCUT2D eigenvalue weighted by Gasteiger charge is 2.14. The molecule has 3 rings (SSSR count). The first-order chi connectivity index (χ1) is 13.8. The molecule has 148 valence electrons. The Hall–Kier alpha value is -2.69. The van der Waals surface area contributed by atoms with Crippen LogP contribution in [0, 0.1) is 0 Å². The van der Waals surface area contributed by atoms with E-state index in [0.717, 1.165) is 11.3 Å². The second-order valence-corrected chi connectivity index (χ2v) is 8.38. The summed E-state index contributed by atoms with van der Waals surface area (Å²) in [4.78, 5) is 0. The minimum absolute atomic E-state index is 0.0634. The third-order valence-electron chi connectivity index (χ3n) is 4.23. The van der Waals surface area contributed by atoms with E-state index in [1.165, 1.54) is 5.56 Å². The van der Waals surface area contributed by atoms with Crippen molar-refractivity contribution >= 4 is 40.4 Å². The third kappa shape index (κ3) is 5.89. The molecule has 0 aliphatic heterocycles. The molecule has 0 aromatic heterocycles. The van der Waals surface area contributed by atoms with Gasteiger partial charge in [0.1, 0.15) is 5.69 Å². The van der Waals surface area contributed by atoms with Gasteiger partial charge in [-0.1, -0.05) is 86.4 Å². The highest BCUT2D eigenvalue weighted by molar-refractivity contribution is 6.35. The van der Waals surface area contributed by atoms with Crippen molar-refractivity contribution < 1.29 is 0 Å². The van der Waals surface area contributed by atoms with Crippen molar-refractivity contribution in [3.8, 4) is 0 Å². The number of anilines is 1. The summed E-state index contributed by atoms with van der Waals surface area (Å²) in [5.74, 6) is 0.436. The van der Waals surface area contributed by atoms with Crippen LogP contribution in [0.15, 0.2) is 88.1 Å². The van der Waals surface area contributed by atoms with Crippen LogP contribution in [-0.4, -0.2) is 5.84 Å². The lowest BCUT2D eigenvalue weighted by atomic mass is 9.87. The standard InChI is InChI=1S/C23H22Cl2N4/c1-23(2,3)17-11-9-16(10-12-17)22(28-26-19-7-5-4-6-8-19)29-27-21-15-18(24)13-14-20(21)25/h4-15,26H,1-3H3. The van der Waals surface area contributed by atoms with Crippen molar-refractivity contribution in [2.75, 3.05) is 5.43 Å². The summed E-state index contributed by atoms with van der Waals surface area (Å²) < 4.78 is 0. The summed E-state index contributed by atoms with van der Waals surface area (Å²) in [6.45, 7) is 6.53. The van der Waals surface area contributed by atoms with E-state index in [1.807, 2.05) is 42.5 Å². The van der Waals surface area contributed by atoms with E-state index in [2.05, 4.69) is 53.7 Å². The Kier molecular flexibility index (Phi) is 6.68. The Morgan fingerprint density at radius 3 is 2.21 bits per heavy atom. The van der Waals surface area contributed by atoms with E-state index in [-0.39, 0.29) is 5.41 Å². The zero-order valence-electron chi connectivity index (χ0n) is 16.5. The van der Waals surface area contributed by atoms with Gasteiger partial charge in [0.05, 0.1) is 10.7 Å². The fourth-order valence-electron chi connectivity index (χ4n) is 2.56. The second-order valence-electron chi connectivity index (χ2n) is 7.54. The predicted molar refractivity (Wildman–Crippen MR) is 123 cm³/mol. The lowest BCUT2D eigenvalue weighted by molar-refractivity contribution is 0.590. The molecule has 0 heterocycles. The number of para-hydroxylation sites is 1. The summed E-state index contributed by atoms with van der Waals surface area (Å²) >= 11 is 12.2. The molecular formula is C23H22Cl2N4. The molecular weight excluding hydrogens is 403 g/mol. The summed E-state index contributed by atoms with van der Waals surface area (Å²) in [5.41, 5.74) is 6.49. The first-order valence-corrected chi connectivity index (χ1v) is 9.95. The lowest BCUT2D eigenvalue weighted by Gasteiger charge is -2.19. The molecule has 0 aliphatic carbocycles. The van der Waals surface area contributed by atoms with Gasteiger partial charge in [-0.05, 0) is 41.3 Å². The van der Waals surface area contributed by atoms with Crippen LogP contribution in [0.1, 0.15) is 31.9 Å². The number of benzene rings is 3. The largest absolute Gasteiger partial charge is 0.276 e. The molecule has 1 N–H and O–H groups in total. The van der Waals surface area contributed by atoms with Gasteiger partial charge in [-0.25, -0.2) is 0 Å². The van der Waals surface area contributed by atoms with Crippen LogP contribution in [0.25, 0.3) is 0 Å². The van der Waals surface area contributed by atoms with Gasteiger partial charge in [0, 0.05) is 10.6 Å². The van der Waals surface area contributed by atoms with E-state index in [4.69, 9.17) is 23.2 Å². The van der Waals surface area contributed by atoms with Crippen LogP contribution in [0.4, 0.5) is 11.4 Å². The average molecular weight is 425 g/mol. The maximum Gasteiger partial charge on any atom is 0.201 e. The van der Waals surface area contributed by atoms with E-state index >= 15 is 0 Å². The molecule has 4 nitrogen and oxygen atoms in total. The van der Waals surface area contributed by atoms with Gasteiger partial charge in [-0.3, -0.25) is 5.43 Å². The molecule has 29 heavy (non-hydrogen) atoms. The number of hydrazone groups is 1. The summed E-state index contributed by atoms with van der Waals surface area (Å²) in [6, 6.07) is 22.9. The van der Waals surface area contributed by atoms with Crippen LogP contribution in [0.3, 0.4) is 0 Å².